The Labute approximate surface area is 134 Å². The minimum Gasteiger partial charge on any atom is -0.375 e. The van der Waals surface area contributed by atoms with E-state index in [-0.39, 0.29) is 17.6 Å². The lowest BCUT2D eigenvalue weighted by Crippen LogP contribution is -2.46. The molecule has 6 nitrogen and oxygen atoms in total. The first-order valence-electron chi connectivity index (χ1n) is 8.06. The molecule has 1 saturated heterocycles. The van der Waals surface area contributed by atoms with Crippen LogP contribution in [0, 0.1) is 0 Å². The number of hydrogen-bond donors (Lipinski definition) is 0. The first-order valence-corrected chi connectivity index (χ1v) is 8.06. The van der Waals surface area contributed by atoms with E-state index in [0.29, 0.717) is 42.7 Å². The van der Waals surface area contributed by atoms with E-state index in [0.717, 1.165) is 6.42 Å². The van der Waals surface area contributed by atoms with E-state index in [1.54, 1.807) is 23.1 Å². The van der Waals surface area contributed by atoms with E-state index in [1.165, 1.54) is 4.68 Å². The zero-order valence-corrected chi connectivity index (χ0v) is 13.5. The van der Waals surface area contributed by atoms with Gasteiger partial charge in [0, 0.05) is 25.0 Å². The predicted octanol–water partition coefficient (Wildman–Crippen LogP) is 1.67. The van der Waals surface area contributed by atoms with Gasteiger partial charge >= 0.3 is 0 Å². The van der Waals surface area contributed by atoms with Crippen molar-refractivity contribution in [1.82, 2.24) is 14.7 Å². The molecule has 0 bridgehead atoms. The van der Waals surface area contributed by atoms with E-state index in [4.69, 9.17) is 4.74 Å². The molecule has 3 rings (SSSR count). The number of hydrogen-bond acceptors (Lipinski definition) is 4. The Balaban J connectivity index is 2.06. The Bertz CT molecular complexity index is 784. The molecule has 2 heterocycles. The first kappa shape index (κ1) is 15.7. The number of fused-ring (bicyclic) bond motifs is 1. The topological polar surface area (TPSA) is 64.4 Å². The van der Waals surface area contributed by atoms with Gasteiger partial charge in [-0.15, -0.1) is 0 Å². The van der Waals surface area contributed by atoms with E-state index in [2.05, 4.69) is 5.10 Å². The summed E-state index contributed by atoms with van der Waals surface area (Å²) >= 11 is 0. The van der Waals surface area contributed by atoms with E-state index in [9.17, 15) is 9.59 Å². The van der Waals surface area contributed by atoms with Crippen molar-refractivity contribution in [3.05, 3.63) is 40.3 Å². The van der Waals surface area contributed by atoms with Crippen LogP contribution >= 0.6 is 0 Å². The van der Waals surface area contributed by atoms with Crippen molar-refractivity contribution < 1.29 is 9.53 Å². The van der Waals surface area contributed by atoms with Gasteiger partial charge in [0.15, 0.2) is 5.69 Å². The summed E-state index contributed by atoms with van der Waals surface area (Å²) in [5, 5.41) is 5.47. The number of aryl methyl sites for hydroxylation is 1. The van der Waals surface area contributed by atoms with Crippen LogP contribution < -0.4 is 5.56 Å². The molecule has 1 aromatic carbocycles. The van der Waals surface area contributed by atoms with Gasteiger partial charge in [0.05, 0.1) is 18.1 Å². The minimum absolute atomic E-state index is 0.0658. The Morgan fingerprint density at radius 1 is 1.30 bits per heavy atom. The highest BCUT2D eigenvalue weighted by molar-refractivity contribution is 6.04. The normalized spacial score (nSPS) is 18.3. The molecule has 1 aliphatic rings. The largest absolute Gasteiger partial charge is 0.375 e. The zero-order valence-electron chi connectivity index (χ0n) is 13.5. The third-order valence-electron chi connectivity index (χ3n) is 4.25. The van der Waals surface area contributed by atoms with Crippen LogP contribution in [0.2, 0.25) is 0 Å². The average Bonchev–Trinajstić information content (AvgIpc) is 2.62. The molecule has 0 saturated carbocycles. The lowest BCUT2D eigenvalue weighted by atomic mass is 10.1. The maximum atomic E-state index is 12.9. The number of rotatable bonds is 3. The Morgan fingerprint density at radius 3 is 2.74 bits per heavy atom. The van der Waals surface area contributed by atoms with Crippen LogP contribution in [0.5, 0.6) is 0 Å². The predicted molar refractivity (Wildman–Crippen MR) is 87.6 cm³/mol. The van der Waals surface area contributed by atoms with Gasteiger partial charge in [-0.2, -0.15) is 5.10 Å². The lowest BCUT2D eigenvalue weighted by molar-refractivity contribution is -0.0228. The maximum absolute atomic E-state index is 12.9. The van der Waals surface area contributed by atoms with Gasteiger partial charge in [-0.05, 0) is 19.4 Å². The summed E-state index contributed by atoms with van der Waals surface area (Å²) in [5.41, 5.74) is 0.187. The van der Waals surface area contributed by atoms with Gasteiger partial charge in [-0.3, -0.25) is 9.59 Å². The molecule has 6 heteroatoms. The van der Waals surface area contributed by atoms with Gasteiger partial charge in [0.25, 0.3) is 11.5 Å². The van der Waals surface area contributed by atoms with Crippen LogP contribution in [0.3, 0.4) is 0 Å². The summed E-state index contributed by atoms with van der Waals surface area (Å²) in [6.07, 6.45) is 0.933. The van der Waals surface area contributed by atoms with Gasteiger partial charge in [0.2, 0.25) is 0 Å². The standard InChI is InChI=1S/C17H21N3O3/c1-3-12-11-19(9-10-23-12)17(22)15-13-7-5-6-8-14(13)16(21)20(4-2)18-15/h5-8,12H,3-4,9-11H2,1-2H3. The van der Waals surface area contributed by atoms with Crippen molar-refractivity contribution in [2.45, 2.75) is 32.9 Å². The molecule has 0 aliphatic carbocycles. The van der Waals surface area contributed by atoms with Crippen molar-refractivity contribution in [2.75, 3.05) is 19.7 Å². The fourth-order valence-corrected chi connectivity index (χ4v) is 2.91. The molecule has 1 fully saturated rings. The third-order valence-corrected chi connectivity index (χ3v) is 4.25. The molecule has 2 aromatic rings. The third kappa shape index (κ3) is 2.86. The number of amides is 1. The molecule has 1 atom stereocenters. The van der Waals surface area contributed by atoms with Gasteiger partial charge in [-0.25, -0.2) is 4.68 Å². The molecule has 23 heavy (non-hydrogen) atoms. The number of benzene rings is 1. The van der Waals surface area contributed by atoms with Crippen LogP contribution in [0.1, 0.15) is 30.8 Å². The fourth-order valence-electron chi connectivity index (χ4n) is 2.91. The monoisotopic (exact) mass is 315 g/mol. The van der Waals surface area contributed by atoms with Crippen molar-refractivity contribution in [1.29, 1.82) is 0 Å². The lowest BCUT2D eigenvalue weighted by Gasteiger charge is -2.32. The Kier molecular flexibility index (Phi) is 4.43. The first-order chi connectivity index (χ1) is 11.2. The minimum atomic E-state index is -0.159. The second-order valence-electron chi connectivity index (χ2n) is 5.67. The molecule has 0 N–H and O–H groups in total. The van der Waals surface area contributed by atoms with Gasteiger partial charge in [0.1, 0.15) is 0 Å². The van der Waals surface area contributed by atoms with Crippen molar-refractivity contribution >= 4 is 16.7 Å². The van der Waals surface area contributed by atoms with Crippen molar-refractivity contribution in [2.24, 2.45) is 0 Å². The van der Waals surface area contributed by atoms with Gasteiger partial charge in [-0.1, -0.05) is 25.1 Å². The summed E-state index contributed by atoms with van der Waals surface area (Å²) in [7, 11) is 0. The molecule has 1 amide bonds. The number of carbonyl (C=O) groups excluding carboxylic acids is 1. The molecule has 122 valence electrons. The van der Waals surface area contributed by atoms with Gasteiger partial charge < -0.3 is 9.64 Å². The van der Waals surface area contributed by atoms with E-state index >= 15 is 0 Å². The number of carbonyl (C=O) groups is 1. The highest BCUT2D eigenvalue weighted by atomic mass is 16.5. The van der Waals surface area contributed by atoms with Crippen LogP contribution in [0.4, 0.5) is 0 Å². The van der Waals surface area contributed by atoms with E-state index < -0.39 is 0 Å². The summed E-state index contributed by atoms with van der Waals surface area (Å²) in [6.45, 7) is 5.98. The Hall–Kier alpha value is -2.21. The summed E-state index contributed by atoms with van der Waals surface area (Å²) in [6, 6.07) is 7.16. The van der Waals surface area contributed by atoms with Crippen molar-refractivity contribution in [3.63, 3.8) is 0 Å². The number of aromatic nitrogens is 2. The van der Waals surface area contributed by atoms with Crippen LogP contribution in [-0.2, 0) is 11.3 Å². The van der Waals surface area contributed by atoms with Crippen LogP contribution in [-0.4, -0.2) is 46.4 Å². The van der Waals surface area contributed by atoms with Crippen LogP contribution in [0.25, 0.3) is 10.8 Å². The molecular formula is C17H21N3O3. The quantitative estimate of drug-likeness (QED) is 0.864. The van der Waals surface area contributed by atoms with Crippen LogP contribution in [0.15, 0.2) is 29.1 Å². The van der Waals surface area contributed by atoms with Crippen molar-refractivity contribution in [3.8, 4) is 0 Å². The molecular weight excluding hydrogens is 294 g/mol. The summed E-state index contributed by atoms with van der Waals surface area (Å²) in [4.78, 5) is 27.1. The summed E-state index contributed by atoms with van der Waals surface area (Å²) < 4.78 is 6.98. The highest BCUT2D eigenvalue weighted by Gasteiger charge is 2.27. The molecule has 0 spiro atoms. The number of ether oxygens (including phenoxy) is 1. The highest BCUT2D eigenvalue weighted by Crippen LogP contribution is 2.17. The molecule has 1 aliphatic heterocycles. The number of nitrogens with zero attached hydrogens (tertiary/aromatic N) is 3. The van der Waals surface area contributed by atoms with E-state index in [1.807, 2.05) is 19.9 Å². The molecule has 0 radical (unpaired) electrons. The maximum Gasteiger partial charge on any atom is 0.275 e. The number of morpholine rings is 1. The molecule has 1 aromatic heterocycles. The molecule has 1 unspecified atom stereocenters. The smallest absolute Gasteiger partial charge is 0.275 e. The fraction of sp³-hybridized carbons (Fsp3) is 0.471. The second-order valence-corrected chi connectivity index (χ2v) is 5.67. The zero-order chi connectivity index (χ0) is 16.4. The second kappa shape index (κ2) is 6.50. The average molecular weight is 315 g/mol. The Morgan fingerprint density at radius 2 is 2.04 bits per heavy atom. The SMILES string of the molecule is CCC1CN(C(=O)c2nn(CC)c(=O)c3ccccc23)CCO1. The summed E-state index contributed by atoms with van der Waals surface area (Å²) in [5.74, 6) is -0.134.